The molecule has 7 aromatic carbocycles. The number of benzene rings is 7. The number of allylic oxidation sites excluding steroid dienone is 4. The molecule has 0 saturated heterocycles. The van der Waals surface area contributed by atoms with Crippen LogP contribution in [0.3, 0.4) is 0 Å². The van der Waals surface area contributed by atoms with Crippen LogP contribution in [0.5, 0.6) is 0 Å². The van der Waals surface area contributed by atoms with E-state index in [2.05, 4.69) is 191 Å². The van der Waals surface area contributed by atoms with Gasteiger partial charge in [-0.25, -0.2) is 0 Å². The lowest BCUT2D eigenvalue weighted by Crippen LogP contribution is -1.97. The van der Waals surface area contributed by atoms with Crippen molar-refractivity contribution in [3.8, 4) is 39.1 Å². The molecule has 236 valence electrons. The Kier molecular flexibility index (Phi) is 6.67. The van der Waals surface area contributed by atoms with Crippen LogP contribution in [0.2, 0.25) is 0 Å². The normalized spacial score (nSPS) is 13.1. The van der Waals surface area contributed by atoms with E-state index in [-0.39, 0.29) is 0 Å². The van der Waals surface area contributed by atoms with E-state index in [0.29, 0.717) is 0 Å². The number of hydrogen-bond donors (Lipinski definition) is 0. The molecule has 0 amide bonds. The molecule has 0 bridgehead atoms. The van der Waals surface area contributed by atoms with Crippen LogP contribution in [0.1, 0.15) is 12.8 Å². The summed E-state index contributed by atoms with van der Waals surface area (Å²) in [5, 5.41) is 5.08. The molecular formula is C48H34N2. The van der Waals surface area contributed by atoms with Crippen molar-refractivity contribution in [3.05, 3.63) is 182 Å². The lowest BCUT2D eigenvalue weighted by atomic mass is 9.98. The average Bonchev–Trinajstić information content (AvgIpc) is 3.71. The molecule has 2 heteroatoms. The second-order valence-corrected chi connectivity index (χ2v) is 13.3. The zero-order chi connectivity index (χ0) is 33.0. The monoisotopic (exact) mass is 638 g/mol. The van der Waals surface area contributed by atoms with Crippen molar-refractivity contribution >= 4 is 49.3 Å². The quantitative estimate of drug-likeness (QED) is 0.178. The molecule has 2 nitrogen and oxygen atoms in total. The molecule has 0 spiro atoms. The van der Waals surface area contributed by atoms with Gasteiger partial charge in [-0.3, -0.25) is 0 Å². The Morgan fingerprint density at radius 3 is 1.40 bits per heavy atom. The van der Waals surface area contributed by atoms with Gasteiger partial charge >= 0.3 is 0 Å². The first-order chi connectivity index (χ1) is 24.8. The molecule has 10 rings (SSSR count). The van der Waals surface area contributed by atoms with Crippen molar-refractivity contribution in [2.75, 3.05) is 0 Å². The minimum atomic E-state index is 1.07. The third-order valence-electron chi connectivity index (χ3n) is 10.3. The summed E-state index contributed by atoms with van der Waals surface area (Å²) in [4.78, 5) is 0. The molecule has 0 radical (unpaired) electrons. The molecule has 1 aliphatic rings. The second-order valence-electron chi connectivity index (χ2n) is 13.3. The summed E-state index contributed by atoms with van der Waals surface area (Å²) in [7, 11) is 0. The highest BCUT2D eigenvalue weighted by molar-refractivity contribution is 6.13. The Bertz CT molecular complexity index is 2730. The topological polar surface area (TPSA) is 9.86 Å². The van der Waals surface area contributed by atoms with Gasteiger partial charge in [-0.15, -0.1) is 0 Å². The molecule has 0 atom stereocenters. The van der Waals surface area contributed by atoms with Gasteiger partial charge in [-0.05, 0) is 94.8 Å². The smallest absolute Gasteiger partial charge is 0.0547 e. The van der Waals surface area contributed by atoms with E-state index >= 15 is 0 Å². The van der Waals surface area contributed by atoms with Crippen LogP contribution < -0.4 is 0 Å². The molecular weight excluding hydrogens is 605 g/mol. The van der Waals surface area contributed by atoms with Gasteiger partial charge in [0.25, 0.3) is 0 Å². The summed E-state index contributed by atoms with van der Waals surface area (Å²) in [5.74, 6) is 0. The zero-order valence-electron chi connectivity index (χ0n) is 27.6. The number of hydrogen-bond acceptors (Lipinski definition) is 0. The number of fused-ring (bicyclic) bond motifs is 6. The largest absolute Gasteiger partial charge is 0.310 e. The summed E-state index contributed by atoms with van der Waals surface area (Å²) < 4.78 is 4.90. The van der Waals surface area contributed by atoms with Gasteiger partial charge in [-0.2, -0.15) is 0 Å². The summed E-state index contributed by atoms with van der Waals surface area (Å²) in [6.07, 6.45) is 9.11. The van der Waals surface area contributed by atoms with E-state index in [1.54, 1.807) is 0 Å². The third-order valence-corrected chi connectivity index (χ3v) is 10.3. The third kappa shape index (κ3) is 4.64. The highest BCUT2D eigenvalue weighted by atomic mass is 15.0. The SMILES string of the molecule is C1=CC(n2c3ccccc3c3ccc(-c4ccc5c6ccccc6n(-c6cc(-c7ccccc7)cc(-c7ccccc7)c6)c5c4)cc32)=CCC1. The molecule has 2 aromatic heterocycles. The van der Waals surface area contributed by atoms with E-state index in [1.165, 1.54) is 82.7 Å². The average molecular weight is 639 g/mol. The molecule has 50 heavy (non-hydrogen) atoms. The molecule has 2 heterocycles. The first-order valence-electron chi connectivity index (χ1n) is 17.5. The zero-order valence-corrected chi connectivity index (χ0v) is 27.6. The second kappa shape index (κ2) is 11.6. The molecule has 0 aliphatic heterocycles. The van der Waals surface area contributed by atoms with Gasteiger partial charge in [0.1, 0.15) is 0 Å². The molecule has 0 fully saturated rings. The standard InChI is InChI=1S/C48H34N2/c1-4-14-33(15-5-1)37-28-38(34-16-6-2-7-17-34)30-40(29-37)50-46-23-13-11-21-42(46)44-27-25-36(32-48(44)50)35-24-26-43-41-20-10-12-22-45(41)49(47(43)31-35)39-18-8-3-9-19-39/h1-2,4-8,10-32H,3,9H2. The van der Waals surface area contributed by atoms with Crippen molar-refractivity contribution in [2.24, 2.45) is 0 Å². The van der Waals surface area contributed by atoms with Crippen LogP contribution >= 0.6 is 0 Å². The Morgan fingerprint density at radius 1 is 0.340 bits per heavy atom. The van der Waals surface area contributed by atoms with Crippen LogP contribution in [-0.2, 0) is 0 Å². The lowest BCUT2D eigenvalue weighted by molar-refractivity contribution is 1.02. The maximum Gasteiger partial charge on any atom is 0.0547 e. The molecule has 9 aromatic rings. The first kappa shape index (κ1) is 28.6. The van der Waals surface area contributed by atoms with E-state index in [4.69, 9.17) is 0 Å². The Morgan fingerprint density at radius 2 is 0.840 bits per heavy atom. The van der Waals surface area contributed by atoms with Gasteiger partial charge in [0.15, 0.2) is 0 Å². The van der Waals surface area contributed by atoms with Crippen molar-refractivity contribution < 1.29 is 0 Å². The fourth-order valence-electron chi connectivity index (χ4n) is 7.96. The van der Waals surface area contributed by atoms with Crippen molar-refractivity contribution in [1.29, 1.82) is 0 Å². The summed E-state index contributed by atoms with van der Waals surface area (Å²) in [6, 6.07) is 60.0. The highest BCUT2D eigenvalue weighted by Crippen LogP contribution is 2.40. The summed E-state index contributed by atoms with van der Waals surface area (Å²) in [6.45, 7) is 0. The number of para-hydroxylation sites is 2. The molecule has 0 saturated carbocycles. The molecule has 0 unspecified atom stereocenters. The minimum Gasteiger partial charge on any atom is -0.310 e. The van der Waals surface area contributed by atoms with Gasteiger partial charge < -0.3 is 9.13 Å². The van der Waals surface area contributed by atoms with Crippen LogP contribution in [0.4, 0.5) is 0 Å². The minimum absolute atomic E-state index is 1.07. The van der Waals surface area contributed by atoms with E-state index in [0.717, 1.165) is 18.5 Å². The Labute approximate surface area is 291 Å². The van der Waals surface area contributed by atoms with Crippen LogP contribution in [0, 0.1) is 0 Å². The predicted octanol–water partition coefficient (Wildman–Crippen LogP) is 13.1. The lowest BCUT2D eigenvalue weighted by Gasteiger charge is -2.15. The maximum absolute atomic E-state index is 2.46. The first-order valence-corrected chi connectivity index (χ1v) is 17.5. The van der Waals surface area contributed by atoms with Crippen LogP contribution in [0.15, 0.2) is 182 Å². The molecule has 0 N–H and O–H groups in total. The van der Waals surface area contributed by atoms with Gasteiger partial charge in [-0.1, -0.05) is 133 Å². The summed E-state index contributed by atoms with van der Waals surface area (Å²) >= 11 is 0. The van der Waals surface area contributed by atoms with Gasteiger partial charge in [0.2, 0.25) is 0 Å². The van der Waals surface area contributed by atoms with Crippen molar-refractivity contribution in [1.82, 2.24) is 9.13 Å². The maximum atomic E-state index is 2.46. The predicted molar refractivity (Wildman–Crippen MR) is 213 cm³/mol. The Hall–Kier alpha value is -6.38. The summed E-state index contributed by atoms with van der Waals surface area (Å²) in [5.41, 5.74) is 14.5. The fraction of sp³-hybridized carbons (Fsp3) is 0.0417. The van der Waals surface area contributed by atoms with Crippen LogP contribution in [0.25, 0.3) is 88.4 Å². The number of aromatic nitrogens is 2. The van der Waals surface area contributed by atoms with E-state index in [9.17, 15) is 0 Å². The van der Waals surface area contributed by atoms with Crippen molar-refractivity contribution in [3.63, 3.8) is 0 Å². The highest BCUT2D eigenvalue weighted by Gasteiger charge is 2.18. The van der Waals surface area contributed by atoms with Gasteiger partial charge in [0, 0.05) is 32.9 Å². The van der Waals surface area contributed by atoms with E-state index in [1.807, 2.05) is 0 Å². The Balaban J connectivity index is 1.21. The van der Waals surface area contributed by atoms with Gasteiger partial charge in [0.05, 0.1) is 22.1 Å². The van der Waals surface area contributed by atoms with E-state index < -0.39 is 0 Å². The molecule has 1 aliphatic carbocycles. The van der Waals surface area contributed by atoms with Crippen molar-refractivity contribution in [2.45, 2.75) is 12.8 Å². The fourth-order valence-corrected chi connectivity index (χ4v) is 7.96. The number of rotatable bonds is 5. The number of nitrogens with zero attached hydrogens (tertiary/aromatic N) is 2. The van der Waals surface area contributed by atoms with Crippen LogP contribution in [-0.4, -0.2) is 9.13 Å².